The summed E-state index contributed by atoms with van der Waals surface area (Å²) < 4.78 is 31.5. The third-order valence-electron chi connectivity index (χ3n) is 4.15. The van der Waals surface area contributed by atoms with E-state index in [9.17, 15) is 22.8 Å². The molecule has 0 aromatic rings. The molecule has 2 aliphatic rings. The van der Waals surface area contributed by atoms with Crippen LogP contribution in [-0.2, 0) is 14.4 Å². The van der Waals surface area contributed by atoms with E-state index in [0.29, 0.717) is 25.3 Å². The fourth-order valence-electron chi connectivity index (χ4n) is 2.73. The Labute approximate surface area is 169 Å². The van der Waals surface area contributed by atoms with Crippen LogP contribution in [-0.4, -0.2) is 71.1 Å². The number of nitrogens with two attached hydrogens (primary N) is 3. The Morgan fingerprint density at radius 3 is 2.45 bits per heavy atom. The van der Waals surface area contributed by atoms with Gasteiger partial charge in [0.05, 0.1) is 18.0 Å². The van der Waals surface area contributed by atoms with E-state index in [0.717, 1.165) is 19.3 Å². The van der Waals surface area contributed by atoms with Crippen molar-refractivity contribution in [3.63, 3.8) is 0 Å². The van der Waals surface area contributed by atoms with Crippen molar-refractivity contribution in [1.82, 2.24) is 10.2 Å². The van der Waals surface area contributed by atoms with Gasteiger partial charge in [0, 0.05) is 12.3 Å². The van der Waals surface area contributed by atoms with Crippen molar-refractivity contribution in [2.24, 2.45) is 17.2 Å². The van der Waals surface area contributed by atoms with Gasteiger partial charge in [-0.2, -0.15) is 13.2 Å². The number of rotatable bonds is 6. The minimum absolute atomic E-state index is 0.0877. The number of thioether (sulfide) groups is 1. The molecule has 166 valence electrons. The number of halogens is 3. The maximum Gasteiger partial charge on any atom is 0.430 e. The summed E-state index contributed by atoms with van der Waals surface area (Å²) in [5, 5.41) is 11.8. The number of carboxylic acids is 1. The molecule has 10 nitrogen and oxygen atoms in total. The lowest BCUT2D eigenvalue weighted by atomic mass is 10.0. The number of carbonyl (C=O) groups excluding carboxylic acids is 3. The van der Waals surface area contributed by atoms with Gasteiger partial charge in [0.2, 0.25) is 11.8 Å². The van der Waals surface area contributed by atoms with E-state index in [-0.39, 0.29) is 29.2 Å². The molecule has 0 bridgehead atoms. The Kier molecular flexibility index (Phi) is 9.49. The van der Waals surface area contributed by atoms with Crippen molar-refractivity contribution >= 4 is 35.5 Å². The SMILES string of the molecule is NC(N)=[NH+]CCCCNC(=O)[C@@H]1CS[C@H]2CC[C@H](N)C(=O)N21.O=C([O-])C(F)(F)F. The highest BCUT2D eigenvalue weighted by Gasteiger charge is 2.45. The Balaban J connectivity index is 0.000000516. The number of hydrogen-bond donors (Lipinski definition) is 5. The van der Waals surface area contributed by atoms with Crippen LogP contribution in [0.15, 0.2) is 0 Å². The highest BCUT2D eigenvalue weighted by molar-refractivity contribution is 8.00. The van der Waals surface area contributed by atoms with Crippen molar-refractivity contribution in [3.8, 4) is 0 Å². The van der Waals surface area contributed by atoms with Gasteiger partial charge in [-0.25, -0.2) is 0 Å². The minimum Gasteiger partial charge on any atom is -0.542 e. The average molecular weight is 442 g/mol. The standard InChI is InChI=1S/C13H24N6O2S.C2HF3O2/c14-8-3-4-10-19(12(8)21)9(7-22-10)11(20)17-5-1-2-6-18-13(15)16;3-2(4,5)1(6)7/h8-10H,1-7,14H2,(H,17,20)(H4,15,16,18);(H,6,7)/t8-,9-,10-;/m0./s1. The lowest BCUT2D eigenvalue weighted by molar-refractivity contribution is -0.459. The first-order valence-corrected chi connectivity index (χ1v) is 9.87. The summed E-state index contributed by atoms with van der Waals surface area (Å²) in [4.78, 5) is 37.7. The van der Waals surface area contributed by atoms with Crippen LogP contribution < -0.4 is 32.6 Å². The number of hydrogen-bond acceptors (Lipinski definition) is 6. The highest BCUT2D eigenvalue weighted by atomic mass is 32.2. The molecule has 0 unspecified atom stereocenters. The largest absolute Gasteiger partial charge is 0.542 e. The lowest BCUT2D eigenvalue weighted by Gasteiger charge is -2.35. The maximum atomic E-state index is 12.3. The molecule has 8 N–H and O–H groups in total. The van der Waals surface area contributed by atoms with Gasteiger partial charge in [-0.3, -0.25) is 26.0 Å². The molecular formula is C15H25F3N6O4S. The van der Waals surface area contributed by atoms with Crippen LogP contribution in [0.4, 0.5) is 13.2 Å². The van der Waals surface area contributed by atoms with Crippen LogP contribution in [0.25, 0.3) is 0 Å². The first-order chi connectivity index (χ1) is 13.4. The number of fused-ring (bicyclic) bond motifs is 1. The summed E-state index contributed by atoms with van der Waals surface area (Å²) in [5.74, 6) is -2.34. The number of alkyl halides is 3. The average Bonchev–Trinajstić information content (AvgIpc) is 3.05. The fraction of sp³-hybridized carbons (Fsp3) is 0.733. The molecule has 0 aromatic heterocycles. The van der Waals surface area contributed by atoms with Gasteiger partial charge in [0.1, 0.15) is 12.0 Å². The molecule has 2 aliphatic heterocycles. The molecule has 2 rings (SSSR count). The normalized spacial score (nSPS) is 23.5. The Morgan fingerprint density at radius 1 is 1.28 bits per heavy atom. The van der Waals surface area contributed by atoms with Crippen LogP contribution in [0.3, 0.4) is 0 Å². The van der Waals surface area contributed by atoms with Crippen LogP contribution >= 0.6 is 11.8 Å². The molecule has 2 amide bonds. The van der Waals surface area contributed by atoms with Gasteiger partial charge in [-0.1, -0.05) is 0 Å². The summed E-state index contributed by atoms with van der Waals surface area (Å²) in [6.45, 7) is 1.25. The Bertz CT molecular complexity index is 630. The predicted octanol–water partition coefficient (Wildman–Crippen LogP) is -4.07. The minimum atomic E-state index is -5.19. The van der Waals surface area contributed by atoms with E-state index in [1.807, 2.05) is 0 Å². The fourth-order valence-corrected chi connectivity index (χ4v) is 4.16. The summed E-state index contributed by atoms with van der Waals surface area (Å²) in [6, 6.07) is -0.853. The molecule has 0 spiro atoms. The predicted molar refractivity (Wildman–Crippen MR) is 96.6 cm³/mol. The van der Waals surface area contributed by atoms with Crippen molar-refractivity contribution in [1.29, 1.82) is 0 Å². The van der Waals surface area contributed by atoms with Gasteiger partial charge in [-0.15, -0.1) is 11.8 Å². The molecule has 3 atom stereocenters. The second-order valence-electron chi connectivity index (χ2n) is 6.40. The number of piperidine rings is 1. The maximum absolute atomic E-state index is 12.3. The van der Waals surface area contributed by atoms with E-state index in [1.165, 1.54) is 0 Å². The summed E-state index contributed by atoms with van der Waals surface area (Å²) in [6.07, 6.45) is -1.95. The zero-order valence-electron chi connectivity index (χ0n) is 15.5. The monoisotopic (exact) mass is 442 g/mol. The number of guanidine groups is 1. The third-order valence-corrected chi connectivity index (χ3v) is 5.51. The quantitative estimate of drug-likeness (QED) is 0.156. The summed E-state index contributed by atoms with van der Waals surface area (Å²) in [5.41, 5.74) is 16.4. The highest BCUT2D eigenvalue weighted by Crippen LogP contribution is 2.36. The van der Waals surface area contributed by atoms with E-state index in [4.69, 9.17) is 27.1 Å². The zero-order chi connectivity index (χ0) is 22.2. The smallest absolute Gasteiger partial charge is 0.430 e. The Hall–Kier alpha value is -2.22. The van der Waals surface area contributed by atoms with Crippen LogP contribution in [0.5, 0.6) is 0 Å². The number of carbonyl (C=O) groups is 3. The third kappa shape index (κ3) is 7.97. The van der Waals surface area contributed by atoms with Gasteiger partial charge < -0.3 is 25.9 Å². The molecule has 2 fully saturated rings. The molecule has 14 heteroatoms. The Morgan fingerprint density at radius 2 is 1.90 bits per heavy atom. The number of unbranched alkanes of at least 4 members (excludes halogenated alkanes) is 1. The second-order valence-corrected chi connectivity index (χ2v) is 7.61. The molecule has 2 heterocycles. The first-order valence-electron chi connectivity index (χ1n) is 8.82. The van der Waals surface area contributed by atoms with Gasteiger partial charge >= 0.3 is 12.1 Å². The van der Waals surface area contributed by atoms with Crippen molar-refractivity contribution in [2.75, 3.05) is 18.8 Å². The first kappa shape index (κ1) is 24.8. The number of carboxylic acid groups (broad SMARTS) is 1. The summed E-state index contributed by atoms with van der Waals surface area (Å²) >= 11 is 1.67. The molecule has 0 saturated carbocycles. The molecule has 0 aromatic carbocycles. The van der Waals surface area contributed by atoms with Gasteiger partial charge in [-0.05, 0) is 25.7 Å². The van der Waals surface area contributed by atoms with E-state index < -0.39 is 18.2 Å². The van der Waals surface area contributed by atoms with Crippen molar-refractivity contribution in [2.45, 2.75) is 49.3 Å². The van der Waals surface area contributed by atoms with E-state index in [2.05, 4.69) is 10.3 Å². The molecular weight excluding hydrogens is 417 g/mol. The van der Waals surface area contributed by atoms with Crippen LogP contribution in [0.1, 0.15) is 25.7 Å². The number of amides is 2. The number of nitrogens with one attached hydrogen (secondary N) is 2. The lowest BCUT2D eigenvalue weighted by Crippen LogP contribution is -2.78. The topological polar surface area (TPSA) is 182 Å². The van der Waals surface area contributed by atoms with Crippen LogP contribution in [0.2, 0.25) is 0 Å². The van der Waals surface area contributed by atoms with Crippen molar-refractivity contribution < 1.29 is 37.7 Å². The zero-order valence-corrected chi connectivity index (χ0v) is 16.4. The van der Waals surface area contributed by atoms with E-state index in [1.54, 1.807) is 16.7 Å². The molecule has 2 saturated heterocycles. The molecule has 0 aliphatic carbocycles. The number of nitrogens with zero attached hydrogens (tertiary/aromatic N) is 1. The van der Waals surface area contributed by atoms with Gasteiger partial charge in [0.25, 0.3) is 0 Å². The number of aliphatic carboxylic acids is 1. The van der Waals surface area contributed by atoms with Crippen LogP contribution in [0, 0.1) is 0 Å². The van der Waals surface area contributed by atoms with Gasteiger partial charge in [0.15, 0.2) is 0 Å². The molecule has 0 radical (unpaired) electrons. The van der Waals surface area contributed by atoms with Crippen molar-refractivity contribution in [3.05, 3.63) is 0 Å². The summed E-state index contributed by atoms with van der Waals surface area (Å²) in [7, 11) is 0. The second kappa shape index (κ2) is 11.1. The van der Waals surface area contributed by atoms with E-state index >= 15 is 0 Å². The molecule has 29 heavy (non-hydrogen) atoms.